The molecule has 72 valence electrons. The van der Waals surface area contributed by atoms with Crippen molar-refractivity contribution in [1.82, 2.24) is 10.2 Å². The second-order valence-corrected chi connectivity index (χ2v) is 3.13. The van der Waals surface area contributed by atoms with Crippen LogP contribution in [0.3, 0.4) is 0 Å². The van der Waals surface area contributed by atoms with E-state index in [1.54, 1.807) is 0 Å². The highest BCUT2D eigenvalue weighted by Gasteiger charge is 2.15. The van der Waals surface area contributed by atoms with Gasteiger partial charge in [-0.15, -0.1) is 0 Å². The molecule has 0 radical (unpaired) electrons. The zero-order valence-corrected chi connectivity index (χ0v) is 7.71. The minimum atomic E-state index is -1.05. The third kappa shape index (κ3) is 3.45. The molecule has 0 spiro atoms. The smallest absolute Gasteiger partial charge is 0.381 e. The van der Waals surface area contributed by atoms with E-state index in [2.05, 4.69) is 29.0 Å². The number of rotatable bonds is 1. The van der Waals surface area contributed by atoms with Crippen molar-refractivity contribution in [1.29, 1.82) is 0 Å². The summed E-state index contributed by atoms with van der Waals surface area (Å²) in [4.78, 5) is 12.3. The third-order valence-electron chi connectivity index (χ3n) is 2.12. The summed E-state index contributed by atoms with van der Waals surface area (Å²) in [5.74, 6) is 3.70. The first-order valence-corrected chi connectivity index (χ1v) is 4.36. The average Bonchev–Trinajstić information content (AvgIpc) is 2.08. The minimum Gasteiger partial charge on any atom is -0.472 e. The van der Waals surface area contributed by atoms with Gasteiger partial charge >= 0.3 is 5.97 Å². The van der Waals surface area contributed by atoms with Crippen molar-refractivity contribution in [3.63, 3.8) is 0 Å². The highest BCUT2D eigenvalue weighted by Crippen LogP contribution is 1.99. The number of carboxylic acid groups (broad SMARTS) is 1. The maximum atomic E-state index is 10.1. The molecule has 0 saturated carbocycles. The molecule has 0 amide bonds. The van der Waals surface area contributed by atoms with Crippen LogP contribution in [-0.2, 0) is 4.79 Å². The average molecular weight is 182 g/mol. The number of hydrogen-bond acceptors (Lipinski definition) is 3. The van der Waals surface area contributed by atoms with E-state index >= 15 is 0 Å². The Kier molecular flexibility index (Phi) is 3.74. The first-order chi connectivity index (χ1) is 6.20. The van der Waals surface area contributed by atoms with Crippen molar-refractivity contribution in [2.24, 2.45) is 0 Å². The van der Waals surface area contributed by atoms with Gasteiger partial charge in [-0.25, -0.2) is 4.79 Å². The van der Waals surface area contributed by atoms with Crippen molar-refractivity contribution in [3.8, 4) is 11.8 Å². The lowest BCUT2D eigenvalue weighted by Gasteiger charge is -2.32. The third-order valence-corrected chi connectivity index (χ3v) is 2.12. The summed E-state index contributed by atoms with van der Waals surface area (Å²) < 4.78 is 0. The summed E-state index contributed by atoms with van der Waals surface area (Å²) in [6.45, 7) is 5.51. The lowest BCUT2D eigenvalue weighted by molar-refractivity contribution is -0.130. The quantitative estimate of drug-likeness (QED) is 0.530. The standard InChI is InChI=1S/C9H14N2O2/c1-8-7-10-4-6-11(8)5-2-3-9(12)13/h8,10H,4-7H2,1H3,(H,12,13). The second kappa shape index (κ2) is 4.85. The first kappa shape index (κ1) is 10.0. The Labute approximate surface area is 77.9 Å². The number of aliphatic carboxylic acids is 1. The van der Waals surface area contributed by atoms with Gasteiger partial charge in [-0.3, -0.25) is 4.90 Å². The molecule has 1 unspecified atom stereocenters. The molecule has 1 aliphatic heterocycles. The Morgan fingerprint density at radius 3 is 3.15 bits per heavy atom. The van der Waals surface area contributed by atoms with Gasteiger partial charge in [-0.2, -0.15) is 0 Å². The van der Waals surface area contributed by atoms with E-state index in [1.165, 1.54) is 0 Å². The Morgan fingerprint density at radius 2 is 2.54 bits per heavy atom. The van der Waals surface area contributed by atoms with Crippen LogP contribution >= 0.6 is 0 Å². The molecular formula is C9H14N2O2. The second-order valence-electron chi connectivity index (χ2n) is 3.13. The normalized spacial score (nSPS) is 23.3. The molecule has 0 aromatic rings. The molecule has 1 rings (SSSR count). The van der Waals surface area contributed by atoms with Crippen molar-refractivity contribution in [3.05, 3.63) is 0 Å². The van der Waals surface area contributed by atoms with E-state index < -0.39 is 5.97 Å². The fourth-order valence-corrected chi connectivity index (χ4v) is 1.33. The topological polar surface area (TPSA) is 52.6 Å². The number of carboxylic acids is 1. The number of carbonyl (C=O) groups is 1. The maximum absolute atomic E-state index is 10.1. The van der Waals surface area contributed by atoms with Gasteiger partial charge in [0.15, 0.2) is 0 Å². The summed E-state index contributed by atoms with van der Waals surface area (Å²) >= 11 is 0. The predicted octanol–water partition coefficient (Wildman–Crippen LogP) is -0.632. The minimum absolute atomic E-state index is 0.442. The van der Waals surface area contributed by atoms with Crippen LogP contribution in [0, 0.1) is 11.8 Å². The van der Waals surface area contributed by atoms with Crippen molar-refractivity contribution >= 4 is 5.97 Å². The molecular weight excluding hydrogens is 168 g/mol. The first-order valence-electron chi connectivity index (χ1n) is 4.36. The van der Waals surface area contributed by atoms with Crippen LogP contribution in [0.1, 0.15) is 6.92 Å². The summed E-state index contributed by atoms with van der Waals surface area (Å²) in [5, 5.41) is 11.6. The van der Waals surface area contributed by atoms with Crippen molar-refractivity contribution in [2.45, 2.75) is 13.0 Å². The van der Waals surface area contributed by atoms with Crippen molar-refractivity contribution in [2.75, 3.05) is 26.2 Å². The molecule has 0 aliphatic carbocycles. The predicted molar refractivity (Wildman–Crippen MR) is 49.3 cm³/mol. The van der Waals surface area contributed by atoms with Crippen LogP contribution in [-0.4, -0.2) is 48.2 Å². The van der Waals surface area contributed by atoms with Gasteiger partial charge < -0.3 is 10.4 Å². The van der Waals surface area contributed by atoms with Crippen LogP contribution in [0.15, 0.2) is 0 Å². The van der Waals surface area contributed by atoms with Crippen molar-refractivity contribution < 1.29 is 9.90 Å². The van der Waals surface area contributed by atoms with Gasteiger partial charge in [0.25, 0.3) is 0 Å². The van der Waals surface area contributed by atoms with Gasteiger partial charge in [0.05, 0.1) is 6.54 Å². The summed E-state index contributed by atoms with van der Waals surface area (Å²) in [5.41, 5.74) is 0. The molecule has 1 fully saturated rings. The molecule has 0 bridgehead atoms. The van der Waals surface area contributed by atoms with Gasteiger partial charge in [0.2, 0.25) is 0 Å². The van der Waals surface area contributed by atoms with E-state index in [1.807, 2.05) is 0 Å². The SMILES string of the molecule is CC1CNCCN1CC#CC(=O)O. The van der Waals surface area contributed by atoms with Crippen LogP contribution in [0.4, 0.5) is 0 Å². The molecule has 13 heavy (non-hydrogen) atoms. The number of nitrogens with one attached hydrogen (secondary N) is 1. The number of hydrogen-bond donors (Lipinski definition) is 2. The fraction of sp³-hybridized carbons (Fsp3) is 0.667. The molecule has 1 heterocycles. The van der Waals surface area contributed by atoms with E-state index in [9.17, 15) is 4.79 Å². The summed E-state index contributed by atoms with van der Waals surface area (Å²) in [7, 11) is 0. The zero-order valence-electron chi connectivity index (χ0n) is 7.71. The lowest BCUT2D eigenvalue weighted by atomic mass is 10.2. The monoisotopic (exact) mass is 182 g/mol. The highest BCUT2D eigenvalue weighted by molar-refractivity contribution is 5.86. The van der Waals surface area contributed by atoms with Gasteiger partial charge in [0.1, 0.15) is 0 Å². The van der Waals surface area contributed by atoms with Crippen LogP contribution in [0.25, 0.3) is 0 Å². The summed E-state index contributed by atoms with van der Waals surface area (Å²) in [6, 6.07) is 0.442. The molecule has 0 aromatic heterocycles. The summed E-state index contributed by atoms with van der Waals surface area (Å²) in [6.07, 6.45) is 0. The van der Waals surface area contributed by atoms with Crippen LogP contribution in [0.5, 0.6) is 0 Å². The molecule has 4 nitrogen and oxygen atoms in total. The fourth-order valence-electron chi connectivity index (χ4n) is 1.33. The van der Waals surface area contributed by atoms with E-state index in [0.717, 1.165) is 19.6 Å². The Bertz CT molecular complexity index is 242. The van der Waals surface area contributed by atoms with Crippen LogP contribution in [0.2, 0.25) is 0 Å². The molecule has 0 aromatic carbocycles. The Morgan fingerprint density at radius 1 is 1.77 bits per heavy atom. The zero-order chi connectivity index (χ0) is 9.68. The van der Waals surface area contributed by atoms with Gasteiger partial charge in [0, 0.05) is 31.6 Å². The largest absolute Gasteiger partial charge is 0.472 e. The molecule has 4 heteroatoms. The van der Waals surface area contributed by atoms with Gasteiger partial charge in [-0.1, -0.05) is 5.92 Å². The number of piperazine rings is 1. The highest BCUT2D eigenvalue weighted by atomic mass is 16.4. The van der Waals surface area contributed by atoms with Gasteiger partial charge in [-0.05, 0) is 6.92 Å². The Balaban J connectivity index is 2.35. The van der Waals surface area contributed by atoms with E-state index in [-0.39, 0.29) is 0 Å². The molecule has 2 N–H and O–H groups in total. The molecule has 1 saturated heterocycles. The maximum Gasteiger partial charge on any atom is 0.381 e. The number of nitrogens with zero attached hydrogens (tertiary/aromatic N) is 1. The van der Waals surface area contributed by atoms with E-state index in [0.29, 0.717) is 12.6 Å². The Hall–Kier alpha value is -1.05. The molecule has 1 aliphatic rings. The lowest BCUT2D eigenvalue weighted by Crippen LogP contribution is -2.49. The molecule has 1 atom stereocenters. The van der Waals surface area contributed by atoms with E-state index in [4.69, 9.17) is 5.11 Å². The van der Waals surface area contributed by atoms with Crippen LogP contribution < -0.4 is 5.32 Å².